The van der Waals surface area contributed by atoms with E-state index in [2.05, 4.69) is 29.2 Å². The summed E-state index contributed by atoms with van der Waals surface area (Å²) < 4.78 is 0. The van der Waals surface area contributed by atoms with E-state index in [-0.39, 0.29) is 6.61 Å². The average Bonchev–Trinajstić information content (AvgIpc) is 2.99. The van der Waals surface area contributed by atoms with Crippen molar-refractivity contribution in [3.8, 4) is 0 Å². The van der Waals surface area contributed by atoms with Gasteiger partial charge in [-0.15, -0.1) is 0 Å². The molecule has 1 unspecified atom stereocenters. The van der Waals surface area contributed by atoms with Crippen LogP contribution in [0.15, 0.2) is 30.3 Å². The molecule has 2 nitrogen and oxygen atoms in total. The lowest BCUT2D eigenvalue weighted by Crippen LogP contribution is -2.11. The minimum atomic E-state index is 0.274. The molecule has 0 aliphatic carbocycles. The zero-order valence-electron chi connectivity index (χ0n) is 7.69. The Kier molecular flexibility index (Phi) is 2.62. The van der Waals surface area contributed by atoms with Gasteiger partial charge in [0.15, 0.2) is 0 Å². The Morgan fingerprint density at radius 2 is 1.92 bits per heavy atom. The molecule has 1 aliphatic rings. The van der Waals surface area contributed by atoms with Crippen molar-refractivity contribution in [3.05, 3.63) is 35.9 Å². The molecule has 0 spiro atoms. The van der Waals surface area contributed by atoms with Crippen molar-refractivity contribution in [1.82, 2.24) is 4.90 Å². The topological polar surface area (TPSA) is 23.2 Å². The van der Waals surface area contributed by atoms with E-state index in [0.29, 0.717) is 6.04 Å². The standard InChI is InChI=1S/C11H15NO/c13-9-6-11(12-7-8-12)10-4-2-1-3-5-10/h1-5,11,13H,6-9H2. The molecule has 1 atom stereocenters. The summed E-state index contributed by atoms with van der Waals surface area (Å²) in [6, 6.07) is 10.9. The van der Waals surface area contributed by atoms with E-state index in [1.54, 1.807) is 0 Å². The van der Waals surface area contributed by atoms with Crippen molar-refractivity contribution in [2.75, 3.05) is 19.7 Å². The molecule has 70 valence electrons. The van der Waals surface area contributed by atoms with Gasteiger partial charge in [-0.05, 0) is 12.0 Å². The van der Waals surface area contributed by atoms with Gasteiger partial charge in [0, 0.05) is 25.7 Å². The molecular formula is C11H15NO. The van der Waals surface area contributed by atoms with Crippen LogP contribution in [0, 0.1) is 0 Å². The van der Waals surface area contributed by atoms with Crippen molar-refractivity contribution >= 4 is 0 Å². The molecule has 1 aromatic carbocycles. The SMILES string of the molecule is OCCC(c1ccccc1)N1CC1. The van der Waals surface area contributed by atoms with Crippen molar-refractivity contribution in [2.24, 2.45) is 0 Å². The summed E-state index contributed by atoms with van der Waals surface area (Å²) in [6.45, 7) is 2.63. The minimum absolute atomic E-state index is 0.274. The molecule has 1 aliphatic heterocycles. The first-order chi connectivity index (χ1) is 6.42. The molecule has 1 fully saturated rings. The minimum Gasteiger partial charge on any atom is -0.396 e. The zero-order chi connectivity index (χ0) is 9.10. The predicted octanol–water partition coefficient (Wildman–Crippen LogP) is 1.43. The van der Waals surface area contributed by atoms with Gasteiger partial charge in [0.1, 0.15) is 0 Å². The fourth-order valence-corrected chi connectivity index (χ4v) is 1.73. The Balaban J connectivity index is 2.10. The van der Waals surface area contributed by atoms with Gasteiger partial charge in [-0.3, -0.25) is 4.90 Å². The van der Waals surface area contributed by atoms with Crippen molar-refractivity contribution in [2.45, 2.75) is 12.5 Å². The monoisotopic (exact) mass is 177 g/mol. The first-order valence-corrected chi connectivity index (χ1v) is 4.81. The number of aliphatic hydroxyl groups is 1. The Morgan fingerprint density at radius 1 is 1.23 bits per heavy atom. The smallest absolute Gasteiger partial charge is 0.0449 e. The van der Waals surface area contributed by atoms with Crippen LogP contribution in [0.2, 0.25) is 0 Å². The Labute approximate surface area is 78.8 Å². The third-order valence-electron chi connectivity index (χ3n) is 2.51. The van der Waals surface area contributed by atoms with Crippen molar-refractivity contribution in [1.29, 1.82) is 0 Å². The van der Waals surface area contributed by atoms with Crippen LogP contribution in [0.1, 0.15) is 18.0 Å². The van der Waals surface area contributed by atoms with E-state index in [0.717, 1.165) is 6.42 Å². The molecule has 0 bridgehead atoms. The highest BCUT2D eigenvalue weighted by molar-refractivity contribution is 5.20. The lowest BCUT2D eigenvalue weighted by Gasteiger charge is -2.16. The molecular weight excluding hydrogens is 162 g/mol. The summed E-state index contributed by atoms with van der Waals surface area (Å²) in [5.74, 6) is 0. The third-order valence-corrected chi connectivity index (χ3v) is 2.51. The maximum Gasteiger partial charge on any atom is 0.0449 e. The van der Waals surface area contributed by atoms with Gasteiger partial charge in [0.05, 0.1) is 0 Å². The van der Waals surface area contributed by atoms with Gasteiger partial charge in [0.2, 0.25) is 0 Å². The second-order valence-corrected chi connectivity index (χ2v) is 3.47. The number of aliphatic hydroxyl groups excluding tert-OH is 1. The predicted molar refractivity (Wildman–Crippen MR) is 52.5 cm³/mol. The van der Waals surface area contributed by atoms with Crippen LogP contribution in [0.3, 0.4) is 0 Å². The van der Waals surface area contributed by atoms with Gasteiger partial charge in [-0.2, -0.15) is 0 Å². The van der Waals surface area contributed by atoms with Crippen LogP contribution in [0.5, 0.6) is 0 Å². The van der Waals surface area contributed by atoms with E-state index in [9.17, 15) is 0 Å². The number of benzene rings is 1. The first kappa shape index (κ1) is 8.73. The second-order valence-electron chi connectivity index (χ2n) is 3.47. The van der Waals surface area contributed by atoms with Gasteiger partial charge < -0.3 is 5.11 Å². The maximum atomic E-state index is 8.95. The van der Waals surface area contributed by atoms with Crippen LogP contribution in [-0.2, 0) is 0 Å². The van der Waals surface area contributed by atoms with E-state index in [4.69, 9.17) is 5.11 Å². The van der Waals surface area contributed by atoms with Gasteiger partial charge >= 0.3 is 0 Å². The first-order valence-electron chi connectivity index (χ1n) is 4.81. The molecule has 0 saturated carbocycles. The highest BCUT2D eigenvalue weighted by atomic mass is 16.3. The zero-order valence-corrected chi connectivity index (χ0v) is 7.69. The van der Waals surface area contributed by atoms with Crippen LogP contribution in [0.25, 0.3) is 0 Å². The molecule has 2 rings (SSSR count). The lowest BCUT2D eigenvalue weighted by atomic mass is 10.0. The average molecular weight is 177 g/mol. The third kappa shape index (κ3) is 2.08. The summed E-state index contributed by atoms with van der Waals surface area (Å²) in [5.41, 5.74) is 1.33. The fraction of sp³-hybridized carbons (Fsp3) is 0.455. The van der Waals surface area contributed by atoms with Gasteiger partial charge in [-0.25, -0.2) is 0 Å². The van der Waals surface area contributed by atoms with Crippen molar-refractivity contribution in [3.63, 3.8) is 0 Å². The quantitative estimate of drug-likeness (QED) is 0.703. The summed E-state index contributed by atoms with van der Waals surface area (Å²) in [5, 5.41) is 8.95. The molecule has 13 heavy (non-hydrogen) atoms. The Morgan fingerprint density at radius 3 is 2.46 bits per heavy atom. The number of hydrogen-bond donors (Lipinski definition) is 1. The summed E-state index contributed by atoms with van der Waals surface area (Å²) in [7, 11) is 0. The van der Waals surface area contributed by atoms with Crippen LogP contribution >= 0.6 is 0 Å². The molecule has 2 heteroatoms. The second kappa shape index (κ2) is 3.90. The van der Waals surface area contributed by atoms with E-state index < -0.39 is 0 Å². The van der Waals surface area contributed by atoms with E-state index >= 15 is 0 Å². The summed E-state index contributed by atoms with van der Waals surface area (Å²) in [4.78, 5) is 2.38. The molecule has 1 aromatic rings. The highest BCUT2D eigenvalue weighted by Gasteiger charge is 2.27. The summed E-state index contributed by atoms with van der Waals surface area (Å²) in [6.07, 6.45) is 0.851. The molecule has 0 radical (unpaired) electrons. The van der Waals surface area contributed by atoms with Gasteiger partial charge in [0.25, 0.3) is 0 Å². The Bertz CT molecular complexity index is 256. The fourth-order valence-electron chi connectivity index (χ4n) is 1.73. The molecule has 0 amide bonds. The molecule has 1 N–H and O–H groups in total. The highest BCUT2D eigenvalue weighted by Crippen LogP contribution is 2.28. The normalized spacial score (nSPS) is 18.5. The molecule has 1 saturated heterocycles. The van der Waals surface area contributed by atoms with Gasteiger partial charge in [-0.1, -0.05) is 30.3 Å². The molecule has 1 heterocycles. The number of hydrogen-bond acceptors (Lipinski definition) is 2. The summed E-state index contributed by atoms with van der Waals surface area (Å²) >= 11 is 0. The van der Waals surface area contributed by atoms with E-state index in [1.807, 2.05) is 6.07 Å². The van der Waals surface area contributed by atoms with Crippen LogP contribution in [0.4, 0.5) is 0 Å². The number of nitrogens with zero attached hydrogens (tertiary/aromatic N) is 1. The number of rotatable bonds is 4. The van der Waals surface area contributed by atoms with Crippen LogP contribution in [-0.4, -0.2) is 29.7 Å². The van der Waals surface area contributed by atoms with Crippen LogP contribution < -0.4 is 0 Å². The largest absolute Gasteiger partial charge is 0.396 e. The lowest BCUT2D eigenvalue weighted by molar-refractivity contribution is 0.244. The molecule has 0 aromatic heterocycles. The maximum absolute atomic E-state index is 8.95. The van der Waals surface area contributed by atoms with E-state index in [1.165, 1.54) is 18.7 Å². The van der Waals surface area contributed by atoms with Crippen molar-refractivity contribution < 1.29 is 5.11 Å². The Hall–Kier alpha value is -0.860.